The Balaban J connectivity index is 1.75. The van der Waals surface area contributed by atoms with Gasteiger partial charge in [0, 0.05) is 24.2 Å². The molecule has 4 unspecified atom stereocenters. The molecule has 112 valence electrons. The highest BCUT2D eigenvalue weighted by Gasteiger charge is 2.40. The Morgan fingerprint density at radius 1 is 1.35 bits per heavy atom. The van der Waals surface area contributed by atoms with Gasteiger partial charge < -0.3 is 5.11 Å². The molecule has 20 heavy (non-hydrogen) atoms. The van der Waals surface area contributed by atoms with Crippen LogP contribution in [0.4, 0.5) is 0 Å². The molecule has 2 fully saturated rings. The standard InChI is InChI=1S/C17H28N2O/c1-17(2,3)16-14(10-19(4)18-16)15(20)9-13-8-11-5-6-12(13)7-11/h10-13,15,20H,5-9H2,1-4H3. The zero-order valence-electron chi connectivity index (χ0n) is 13.3. The van der Waals surface area contributed by atoms with E-state index in [2.05, 4.69) is 25.9 Å². The summed E-state index contributed by atoms with van der Waals surface area (Å²) in [7, 11) is 1.95. The highest BCUT2D eigenvalue weighted by Crippen LogP contribution is 2.51. The lowest BCUT2D eigenvalue weighted by atomic mass is 9.81. The van der Waals surface area contributed by atoms with Crippen LogP contribution in [0.15, 0.2) is 6.20 Å². The largest absolute Gasteiger partial charge is 0.388 e. The lowest BCUT2D eigenvalue weighted by molar-refractivity contribution is 0.124. The Bertz CT molecular complexity index is 486. The summed E-state index contributed by atoms with van der Waals surface area (Å²) in [6, 6.07) is 0. The minimum Gasteiger partial charge on any atom is -0.388 e. The Morgan fingerprint density at radius 3 is 2.65 bits per heavy atom. The number of fused-ring (bicyclic) bond motifs is 2. The van der Waals surface area contributed by atoms with E-state index in [-0.39, 0.29) is 11.5 Å². The minimum absolute atomic E-state index is 0.00768. The summed E-state index contributed by atoms with van der Waals surface area (Å²) >= 11 is 0. The van der Waals surface area contributed by atoms with Crippen molar-refractivity contribution in [2.24, 2.45) is 24.8 Å². The van der Waals surface area contributed by atoms with Crippen LogP contribution in [-0.2, 0) is 12.5 Å². The Kier molecular flexibility index (Phi) is 3.44. The average Bonchev–Trinajstić information content (AvgIpc) is 3.01. The van der Waals surface area contributed by atoms with Gasteiger partial charge in [0.25, 0.3) is 0 Å². The van der Waals surface area contributed by atoms with Crippen LogP contribution in [0, 0.1) is 17.8 Å². The van der Waals surface area contributed by atoms with Gasteiger partial charge in [0.1, 0.15) is 0 Å². The average molecular weight is 276 g/mol. The summed E-state index contributed by atoms with van der Waals surface area (Å²) in [5.74, 6) is 2.56. The molecule has 2 bridgehead atoms. The summed E-state index contributed by atoms with van der Waals surface area (Å²) in [5, 5.41) is 15.3. The maximum absolute atomic E-state index is 10.7. The number of hydrogen-bond acceptors (Lipinski definition) is 2. The Labute approximate surface area is 122 Å². The number of hydrogen-bond donors (Lipinski definition) is 1. The summed E-state index contributed by atoms with van der Waals surface area (Å²) < 4.78 is 1.85. The number of nitrogens with zero attached hydrogens (tertiary/aromatic N) is 2. The third kappa shape index (κ3) is 2.52. The second-order valence-corrected chi connectivity index (χ2v) is 8.04. The van der Waals surface area contributed by atoms with Gasteiger partial charge in [-0.3, -0.25) is 4.68 Å². The maximum Gasteiger partial charge on any atom is 0.0826 e. The van der Waals surface area contributed by atoms with Crippen molar-refractivity contribution in [1.29, 1.82) is 0 Å². The van der Waals surface area contributed by atoms with Crippen LogP contribution in [0.5, 0.6) is 0 Å². The van der Waals surface area contributed by atoms with Gasteiger partial charge in [0.15, 0.2) is 0 Å². The molecule has 3 heteroatoms. The molecule has 0 saturated heterocycles. The molecule has 2 aliphatic rings. The Hall–Kier alpha value is -0.830. The zero-order valence-corrected chi connectivity index (χ0v) is 13.3. The van der Waals surface area contributed by atoms with Crippen LogP contribution in [0.2, 0.25) is 0 Å². The number of aliphatic hydroxyl groups excluding tert-OH is 1. The van der Waals surface area contributed by atoms with Crippen LogP contribution >= 0.6 is 0 Å². The fourth-order valence-electron chi connectivity index (χ4n) is 4.41. The van der Waals surface area contributed by atoms with Crippen LogP contribution in [-0.4, -0.2) is 14.9 Å². The van der Waals surface area contributed by atoms with Gasteiger partial charge in [-0.15, -0.1) is 0 Å². The SMILES string of the molecule is Cn1cc(C(O)CC2CC3CCC2C3)c(C(C)(C)C)n1. The molecule has 0 radical (unpaired) electrons. The highest BCUT2D eigenvalue weighted by molar-refractivity contribution is 5.26. The quantitative estimate of drug-likeness (QED) is 0.916. The smallest absolute Gasteiger partial charge is 0.0826 e. The van der Waals surface area contributed by atoms with Crippen molar-refractivity contribution in [2.45, 2.75) is 64.4 Å². The van der Waals surface area contributed by atoms with Crippen molar-refractivity contribution in [1.82, 2.24) is 9.78 Å². The molecular formula is C17H28N2O. The van der Waals surface area contributed by atoms with Crippen molar-refractivity contribution in [3.8, 4) is 0 Å². The molecule has 1 aromatic heterocycles. The van der Waals surface area contributed by atoms with Gasteiger partial charge in [-0.05, 0) is 43.4 Å². The van der Waals surface area contributed by atoms with Gasteiger partial charge in [0.05, 0.1) is 11.8 Å². The number of rotatable bonds is 3. The molecule has 2 saturated carbocycles. The third-order valence-corrected chi connectivity index (χ3v) is 5.34. The second kappa shape index (κ2) is 4.87. The van der Waals surface area contributed by atoms with E-state index in [0.29, 0.717) is 0 Å². The molecule has 0 aromatic carbocycles. The molecule has 4 atom stereocenters. The van der Waals surface area contributed by atoms with Crippen LogP contribution < -0.4 is 0 Å². The van der Waals surface area contributed by atoms with E-state index in [0.717, 1.165) is 35.4 Å². The predicted octanol–water partition coefficient (Wildman–Crippen LogP) is 3.58. The molecule has 1 heterocycles. The predicted molar refractivity (Wildman–Crippen MR) is 80.4 cm³/mol. The second-order valence-electron chi connectivity index (χ2n) is 8.04. The van der Waals surface area contributed by atoms with Gasteiger partial charge in [-0.2, -0.15) is 5.10 Å². The van der Waals surface area contributed by atoms with Crippen molar-refractivity contribution in [3.05, 3.63) is 17.5 Å². The molecule has 0 spiro atoms. The molecule has 2 aliphatic carbocycles. The van der Waals surface area contributed by atoms with E-state index in [1.54, 1.807) is 0 Å². The molecule has 3 nitrogen and oxygen atoms in total. The Morgan fingerprint density at radius 2 is 2.10 bits per heavy atom. The number of aryl methyl sites for hydroxylation is 1. The third-order valence-electron chi connectivity index (χ3n) is 5.34. The van der Waals surface area contributed by atoms with E-state index in [1.165, 1.54) is 25.7 Å². The molecule has 1 N–H and O–H groups in total. The van der Waals surface area contributed by atoms with Gasteiger partial charge in [0.2, 0.25) is 0 Å². The zero-order chi connectivity index (χ0) is 14.5. The first kappa shape index (κ1) is 14.1. The van der Waals surface area contributed by atoms with Crippen LogP contribution in [0.3, 0.4) is 0 Å². The topological polar surface area (TPSA) is 38.0 Å². The lowest BCUT2D eigenvalue weighted by Crippen LogP contribution is -2.19. The molecule has 1 aromatic rings. The first-order chi connectivity index (χ1) is 9.34. The summed E-state index contributed by atoms with van der Waals surface area (Å²) in [5.41, 5.74) is 2.09. The first-order valence-electron chi connectivity index (χ1n) is 8.06. The molecule has 3 rings (SSSR count). The van der Waals surface area contributed by atoms with E-state index in [1.807, 2.05) is 17.9 Å². The van der Waals surface area contributed by atoms with E-state index < -0.39 is 0 Å². The fourth-order valence-corrected chi connectivity index (χ4v) is 4.41. The van der Waals surface area contributed by atoms with E-state index in [9.17, 15) is 5.11 Å². The minimum atomic E-state index is -0.345. The van der Waals surface area contributed by atoms with E-state index in [4.69, 9.17) is 0 Å². The first-order valence-corrected chi connectivity index (χ1v) is 8.06. The number of aromatic nitrogens is 2. The number of aliphatic hydroxyl groups is 1. The van der Waals surface area contributed by atoms with Gasteiger partial charge >= 0.3 is 0 Å². The van der Waals surface area contributed by atoms with Crippen molar-refractivity contribution in [3.63, 3.8) is 0 Å². The normalized spacial score (nSPS) is 30.9. The summed E-state index contributed by atoms with van der Waals surface area (Å²) in [4.78, 5) is 0. The summed E-state index contributed by atoms with van der Waals surface area (Å²) in [6.45, 7) is 6.51. The van der Waals surface area contributed by atoms with Gasteiger partial charge in [-0.1, -0.05) is 27.2 Å². The van der Waals surface area contributed by atoms with Crippen molar-refractivity contribution >= 4 is 0 Å². The van der Waals surface area contributed by atoms with Gasteiger partial charge in [-0.25, -0.2) is 0 Å². The van der Waals surface area contributed by atoms with Crippen LogP contribution in [0.1, 0.15) is 70.2 Å². The summed E-state index contributed by atoms with van der Waals surface area (Å²) in [6.07, 6.45) is 8.17. The molecular weight excluding hydrogens is 248 g/mol. The molecule has 0 aliphatic heterocycles. The van der Waals surface area contributed by atoms with Crippen molar-refractivity contribution < 1.29 is 5.11 Å². The lowest BCUT2D eigenvalue weighted by Gasteiger charge is -2.25. The fraction of sp³-hybridized carbons (Fsp3) is 0.824. The van der Waals surface area contributed by atoms with Crippen LogP contribution in [0.25, 0.3) is 0 Å². The van der Waals surface area contributed by atoms with E-state index >= 15 is 0 Å². The molecule has 0 amide bonds. The monoisotopic (exact) mass is 276 g/mol. The maximum atomic E-state index is 10.7. The van der Waals surface area contributed by atoms with Crippen molar-refractivity contribution in [2.75, 3.05) is 0 Å². The highest BCUT2D eigenvalue weighted by atomic mass is 16.3.